The van der Waals surface area contributed by atoms with E-state index in [-0.39, 0.29) is 0 Å². The first kappa shape index (κ1) is 16.2. The van der Waals surface area contributed by atoms with Crippen LogP contribution < -0.4 is 5.32 Å². The Morgan fingerprint density at radius 3 is 2.62 bits per heavy atom. The van der Waals surface area contributed by atoms with Gasteiger partial charge in [0, 0.05) is 24.6 Å². The minimum Gasteiger partial charge on any atom is -0.467 e. The third kappa shape index (κ3) is 4.43. The maximum absolute atomic E-state index is 5.62. The highest BCUT2D eigenvalue weighted by Crippen LogP contribution is 2.14. The zero-order chi connectivity index (χ0) is 16.8. The molecule has 0 radical (unpaired) electrons. The number of hydrogen-bond acceptors (Lipinski definition) is 3. The summed E-state index contributed by atoms with van der Waals surface area (Å²) in [4.78, 5) is 6.23. The smallest absolute Gasteiger partial charge is 0.174 e. The number of nitrogens with zero attached hydrogens (tertiary/aromatic N) is 2. The van der Waals surface area contributed by atoms with Crippen molar-refractivity contribution in [3.8, 4) is 0 Å². The Kier molecular flexibility index (Phi) is 5.23. The zero-order valence-electron chi connectivity index (χ0n) is 13.5. The summed E-state index contributed by atoms with van der Waals surface area (Å²) in [6.45, 7) is 3.32. The lowest BCUT2D eigenvalue weighted by molar-refractivity contribution is 0.360. The average molecular weight is 337 g/mol. The van der Waals surface area contributed by atoms with E-state index in [4.69, 9.17) is 16.6 Å². The van der Waals surface area contributed by atoms with Crippen LogP contribution in [0, 0.1) is 6.92 Å². The maximum atomic E-state index is 5.62. The zero-order valence-corrected chi connectivity index (χ0v) is 14.3. The molecule has 2 heterocycles. The van der Waals surface area contributed by atoms with Gasteiger partial charge < -0.3 is 14.6 Å². The fourth-order valence-corrected chi connectivity index (χ4v) is 2.59. The number of thiocarbonyl (C=S) groups is 1. The Balaban J connectivity index is 1.74. The van der Waals surface area contributed by atoms with E-state index in [0.717, 1.165) is 17.0 Å². The topological polar surface area (TPSA) is 41.3 Å². The van der Waals surface area contributed by atoms with Gasteiger partial charge in [-0.2, -0.15) is 0 Å². The monoisotopic (exact) mass is 337 g/mol. The van der Waals surface area contributed by atoms with E-state index in [2.05, 4.69) is 34.3 Å². The number of aromatic nitrogens is 1. The van der Waals surface area contributed by atoms with E-state index in [1.165, 1.54) is 5.56 Å². The summed E-state index contributed by atoms with van der Waals surface area (Å²) in [6.07, 6.45) is 5.29. The van der Waals surface area contributed by atoms with Gasteiger partial charge in [-0.1, -0.05) is 23.8 Å². The largest absolute Gasteiger partial charge is 0.467 e. The molecule has 0 aliphatic rings. The van der Waals surface area contributed by atoms with E-state index in [1.807, 2.05) is 42.6 Å². The van der Waals surface area contributed by atoms with Gasteiger partial charge in [-0.3, -0.25) is 4.98 Å². The minimum atomic E-state index is 0.597. The molecule has 0 fully saturated rings. The minimum absolute atomic E-state index is 0.597. The number of anilines is 1. The highest BCUT2D eigenvalue weighted by atomic mass is 32.1. The average Bonchev–Trinajstić information content (AvgIpc) is 3.10. The summed E-state index contributed by atoms with van der Waals surface area (Å²) in [6, 6.07) is 16.0. The van der Waals surface area contributed by atoms with Gasteiger partial charge in [0.15, 0.2) is 5.11 Å². The van der Waals surface area contributed by atoms with Crippen LogP contribution in [-0.4, -0.2) is 15.0 Å². The van der Waals surface area contributed by atoms with Crippen LogP contribution in [0.5, 0.6) is 0 Å². The molecule has 4 nitrogen and oxygen atoms in total. The Hall–Kier alpha value is -2.66. The highest BCUT2D eigenvalue weighted by molar-refractivity contribution is 7.80. The molecule has 3 rings (SSSR count). The molecule has 0 saturated heterocycles. The van der Waals surface area contributed by atoms with Crippen molar-refractivity contribution in [1.29, 1.82) is 0 Å². The van der Waals surface area contributed by atoms with Crippen LogP contribution in [0.3, 0.4) is 0 Å². The van der Waals surface area contributed by atoms with E-state index in [9.17, 15) is 0 Å². The molecule has 0 bridgehead atoms. The summed E-state index contributed by atoms with van der Waals surface area (Å²) in [5.74, 6) is 0.868. The molecule has 2 aromatic heterocycles. The molecule has 122 valence electrons. The Morgan fingerprint density at radius 1 is 1.12 bits per heavy atom. The van der Waals surface area contributed by atoms with Gasteiger partial charge in [-0.25, -0.2) is 0 Å². The van der Waals surface area contributed by atoms with Crippen LogP contribution in [0.2, 0.25) is 0 Å². The van der Waals surface area contributed by atoms with Crippen molar-refractivity contribution in [3.05, 3.63) is 84.1 Å². The molecule has 0 atom stereocenters. The Labute approximate surface area is 147 Å². The van der Waals surface area contributed by atoms with Crippen molar-refractivity contribution in [3.63, 3.8) is 0 Å². The second-order valence-corrected chi connectivity index (χ2v) is 5.98. The normalized spacial score (nSPS) is 10.4. The van der Waals surface area contributed by atoms with Gasteiger partial charge in [0.05, 0.1) is 12.8 Å². The predicted molar refractivity (Wildman–Crippen MR) is 99.6 cm³/mol. The van der Waals surface area contributed by atoms with Crippen molar-refractivity contribution in [2.45, 2.75) is 20.0 Å². The quantitative estimate of drug-likeness (QED) is 0.700. The lowest BCUT2D eigenvalue weighted by Crippen LogP contribution is -2.33. The number of furan rings is 1. The van der Waals surface area contributed by atoms with Gasteiger partial charge in [0.25, 0.3) is 0 Å². The summed E-state index contributed by atoms with van der Waals surface area (Å²) < 4.78 is 5.47. The highest BCUT2D eigenvalue weighted by Gasteiger charge is 2.13. The van der Waals surface area contributed by atoms with Crippen LogP contribution in [-0.2, 0) is 13.1 Å². The molecule has 1 aromatic carbocycles. The summed E-state index contributed by atoms with van der Waals surface area (Å²) in [7, 11) is 0. The first-order valence-electron chi connectivity index (χ1n) is 7.74. The Morgan fingerprint density at radius 2 is 1.96 bits per heavy atom. The number of pyridine rings is 1. The van der Waals surface area contributed by atoms with E-state index < -0.39 is 0 Å². The molecule has 0 spiro atoms. The van der Waals surface area contributed by atoms with Gasteiger partial charge in [-0.05, 0) is 55.0 Å². The maximum Gasteiger partial charge on any atom is 0.174 e. The number of hydrogen-bond donors (Lipinski definition) is 1. The van der Waals surface area contributed by atoms with Gasteiger partial charge in [0.1, 0.15) is 5.76 Å². The van der Waals surface area contributed by atoms with Crippen LogP contribution in [0.25, 0.3) is 0 Å². The van der Waals surface area contributed by atoms with Crippen LogP contribution in [0.1, 0.15) is 16.9 Å². The molecule has 0 amide bonds. The molecule has 0 aliphatic carbocycles. The summed E-state index contributed by atoms with van der Waals surface area (Å²) >= 11 is 5.62. The number of aryl methyl sites for hydroxylation is 1. The Bertz CT molecular complexity index is 770. The molecule has 1 N–H and O–H groups in total. The van der Waals surface area contributed by atoms with Crippen molar-refractivity contribution in [1.82, 2.24) is 9.88 Å². The molecule has 0 unspecified atom stereocenters. The standard InChI is InChI=1S/C19H19N3OS/c1-15-6-8-17(9-7-15)21-19(24)22(14-18-5-3-11-23-18)13-16-4-2-10-20-12-16/h2-12H,13-14H2,1H3,(H,21,24). The lowest BCUT2D eigenvalue weighted by atomic mass is 10.2. The molecule has 3 aromatic rings. The third-order valence-electron chi connectivity index (χ3n) is 3.61. The fraction of sp³-hybridized carbons (Fsp3) is 0.158. The molecule has 5 heteroatoms. The van der Waals surface area contributed by atoms with Crippen LogP contribution in [0.4, 0.5) is 5.69 Å². The van der Waals surface area contributed by atoms with Gasteiger partial charge in [0.2, 0.25) is 0 Å². The fourth-order valence-electron chi connectivity index (χ4n) is 2.34. The summed E-state index contributed by atoms with van der Waals surface area (Å²) in [5, 5.41) is 3.95. The first-order valence-corrected chi connectivity index (χ1v) is 8.15. The van der Waals surface area contributed by atoms with Gasteiger partial charge >= 0.3 is 0 Å². The number of nitrogens with one attached hydrogen (secondary N) is 1. The van der Waals surface area contributed by atoms with E-state index in [0.29, 0.717) is 18.2 Å². The third-order valence-corrected chi connectivity index (χ3v) is 3.97. The molecule has 0 saturated carbocycles. The second kappa shape index (κ2) is 7.75. The van der Waals surface area contributed by atoms with E-state index >= 15 is 0 Å². The summed E-state index contributed by atoms with van der Waals surface area (Å²) in [5.41, 5.74) is 3.28. The van der Waals surface area contributed by atoms with Crippen molar-refractivity contribution >= 4 is 23.0 Å². The van der Waals surface area contributed by atoms with Crippen molar-refractivity contribution in [2.75, 3.05) is 5.32 Å². The van der Waals surface area contributed by atoms with Crippen LogP contribution in [0.15, 0.2) is 71.6 Å². The number of rotatable bonds is 5. The molecular weight excluding hydrogens is 318 g/mol. The molecule has 0 aliphatic heterocycles. The second-order valence-electron chi connectivity index (χ2n) is 5.59. The molecule has 24 heavy (non-hydrogen) atoms. The first-order chi connectivity index (χ1) is 11.7. The van der Waals surface area contributed by atoms with E-state index in [1.54, 1.807) is 12.5 Å². The van der Waals surface area contributed by atoms with Crippen molar-refractivity contribution < 1.29 is 4.42 Å². The predicted octanol–water partition coefficient (Wildman–Crippen LogP) is 4.38. The van der Waals surface area contributed by atoms with Crippen LogP contribution >= 0.6 is 12.2 Å². The molecular formula is C19H19N3OS. The SMILES string of the molecule is Cc1ccc(NC(=S)N(Cc2cccnc2)Cc2ccco2)cc1. The van der Waals surface area contributed by atoms with Gasteiger partial charge in [-0.15, -0.1) is 0 Å². The number of benzene rings is 1. The lowest BCUT2D eigenvalue weighted by Gasteiger charge is -2.25. The van der Waals surface area contributed by atoms with Crippen molar-refractivity contribution in [2.24, 2.45) is 0 Å².